The van der Waals surface area contributed by atoms with Gasteiger partial charge in [0.2, 0.25) is 0 Å². The van der Waals surface area contributed by atoms with Crippen molar-refractivity contribution in [2.24, 2.45) is 5.92 Å². The Bertz CT molecular complexity index is 739. The third kappa shape index (κ3) is 5.32. The van der Waals surface area contributed by atoms with E-state index in [0.29, 0.717) is 21.5 Å². The Morgan fingerprint density at radius 1 is 1.30 bits per heavy atom. The van der Waals surface area contributed by atoms with Gasteiger partial charge < -0.3 is 9.47 Å². The molecule has 1 aliphatic carbocycles. The van der Waals surface area contributed by atoms with Crippen molar-refractivity contribution in [3.05, 3.63) is 34.7 Å². The van der Waals surface area contributed by atoms with Gasteiger partial charge in [0.25, 0.3) is 5.91 Å². The number of nitrogens with zero attached hydrogens (tertiary/aromatic N) is 1. The number of thiocarbonyl (C=S) groups is 1. The van der Waals surface area contributed by atoms with Crippen LogP contribution in [0.3, 0.4) is 0 Å². The molecule has 27 heavy (non-hydrogen) atoms. The predicted octanol–water partition coefficient (Wildman–Crippen LogP) is 4.02. The standard InChI is InChI=1S/C20H23NO4S2/c1-24-18(22)13-25-16-8-6-15(7-9-16)12-17-19(23)21(20(26)27-17)11-10-14-4-2-3-5-14/h6-9,12,14H,2-5,10-11,13H2,1H3/b17-12-. The SMILES string of the molecule is COC(=O)COc1ccc(/C=C2\SC(=S)N(CCC3CCCC3)C2=O)cc1. The van der Waals surface area contributed by atoms with E-state index < -0.39 is 5.97 Å². The minimum absolute atomic E-state index is 0.00554. The van der Waals surface area contributed by atoms with Gasteiger partial charge in [-0.25, -0.2) is 4.79 Å². The number of ether oxygens (including phenoxy) is 2. The molecule has 1 heterocycles. The quantitative estimate of drug-likeness (QED) is 0.388. The molecular formula is C20H23NO4S2. The topological polar surface area (TPSA) is 55.8 Å². The molecule has 0 atom stereocenters. The Labute approximate surface area is 169 Å². The van der Waals surface area contributed by atoms with E-state index in [0.717, 1.165) is 17.9 Å². The highest BCUT2D eigenvalue weighted by Gasteiger charge is 2.32. The van der Waals surface area contributed by atoms with Gasteiger partial charge >= 0.3 is 5.97 Å². The summed E-state index contributed by atoms with van der Waals surface area (Å²) in [6, 6.07) is 7.21. The fourth-order valence-corrected chi connectivity index (χ4v) is 4.62. The molecule has 0 aromatic heterocycles. The highest BCUT2D eigenvalue weighted by molar-refractivity contribution is 8.26. The monoisotopic (exact) mass is 405 g/mol. The van der Waals surface area contributed by atoms with E-state index in [1.54, 1.807) is 17.0 Å². The highest BCUT2D eigenvalue weighted by Crippen LogP contribution is 2.34. The van der Waals surface area contributed by atoms with Crippen LogP contribution in [0, 0.1) is 5.92 Å². The number of esters is 1. The number of carbonyl (C=O) groups is 2. The minimum Gasteiger partial charge on any atom is -0.482 e. The van der Waals surface area contributed by atoms with Gasteiger partial charge in [-0.05, 0) is 36.1 Å². The first-order chi connectivity index (χ1) is 13.1. The summed E-state index contributed by atoms with van der Waals surface area (Å²) >= 11 is 6.76. The predicted molar refractivity (Wildman–Crippen MR) is 110 cm³/mol. The van der Waals surface area contributed by atoms with Gasteiger partial charge in [0.1, 0.15) is 10.1 Å². The van der Waals surface area contributed by atoms with E-state index in [4.69, 9.17) is 17.0 Å². The first kappa shape index (κ1) is 19.9. The zero-order valence-electron chi connectivity index (χ0n) is 15.3. The van der Waals surface area contributed by atoms with E-state index in [2.05, 4.69) is 4.74 Å². The van der Waals surface area contributed by atoms with Crippen molar-refractivity contribution in [3.63, 3.8) is 0 Å². The maximum atomic E-state index is 12.7. The molecule has 0 N–H and O–H groups in total. The summed E-state index contributed by atoms with van der Waals surface area (Å²) in [5.41, 5.74) is 0.886. The van der Waals surface area contributed by atoms with Crippen molar-refractivity contribution < 1.29 is 19.1 Å². The molecular weight excluding hydrogens is 382 g/mol. The Morgan fingerprint density at radius 2 is 2.00 bits per heavy atom. The van der Waals surface area contributed by atoms with Crippen LogP contribution in [0.25, 0.3) is 6.08 Å². The van der Waals surface area contributed by atoms with Crippen molar-refractivity contribution in [2.75, 3.05) is 20.3 Å². The normalized spacial score (nSPS) is 19.1. The number of hydrogen-bond acceptors (Lipinski definition) is 6. The van der Waals surface area contributed by atoms with Gasteiger partial charge in [-0.2, -0.15) is 0 Å². The second-order valence-corrected chi connectivity index (χ2v) is 8.38. The van der Waals surface area contributed by atoms with Crippen LogP contribution in [0.15, 0.2) is 29.2 Å². The van der Waals surface area contributed by atoms with Gasteiger partial charge in [0.05, 0.1) is 12.0 Å². The van der Waals surface area contributed by atoms with Crippen LogP contribution in [-0.4, -0.2) is 41.4 Å². The summed E-state index contributed by atoms with van der Waals surface area (Å²) in [6.45, 7) is 0.586. The van der Waals surface area contributed by atoms with Gasteiger partial charge in [0.15, 0.2) is 6.61 Å². The Kier molecular flexibility index (Phi) is 6.90. The lowest BCUT2D eigenvalue weighted by Crippen LogP contribution is -2.30. The van der Waals surface area contributed by atoms with Crippen LogP contribution in [0.5, 0.6) is 5.75 Å². The molecule has 2 aliphatic rings. The number of amides is 1. The number of carbonyl (C=O) groups excluding carboxylic acids is 2. The lowest BCUT2D eigenvalue weighted by Gasteiger charge is -2.17. The zero-order valence-corrected chi connectivity index (χ0v) is 16.9. The largest absolute Gasteiger partial charge is 0.482 e. The average molecular weight is 406 g/mol. The lowest BCUT2D eigenvalue weighted by atomic mass is 10.0. The molecule has 0 bridgehead atoms. The molecule has 0 radical (unpaired) electrons. The van der Waals surface area contributed by atoms with Crippen LogP contribution in [0.1, 0.15) is 37.7 Å². The molecule has 5 nitrogen and oxygen atoms in total. The molecule has 1 saturated heterocycles. The number of rotatable bonds is 7. The van der Waals surface area contributed by atoms with Crippen LogP contribution >= 0.6 is 24.0 Å². The molecule has 1 aromatic carbocycles. The van der Waals surface area contributed by atoms with Crippen LogP contribution in [0.2, 0.25) is 0 Å². The first-order valence-electron chi connectivity index (χ1n) is 9.12. The van der Waals surface area contributed by atoms with Gasteiger partial charge in [0, 0.05) is 6.54 Å². The summed E-state index contributed by atoms with van der Waals surface area (Å²) in [5, 5.41) is 0. The first-order valence-corrected chi connectivity index (χ1v) is 10.3. The van der Waals surface area contributed by atoms with Gasteiger partial charge in [-0.15, -0.1) is 0 Å². The molecule has 2 fully saturated rings. The summed E-state index contributed by atoms with van der Waals surface area (Å²) < 4.78 is 10.5. The third-order valence-electron chi connectivity index (χ3n) is 4.87. The summed E-state index contributed by atoms with van der Waals surface area (Å²) in [4.78, 5) is 26.2. The number of benzene rings is 1. The second-order valence-electron chi connectivity index (χ2n) is 6.71. The molecule has 1 saturated carbocycles. The molecule has 1 aromatic rings. The Hall–Kier alpha value is -1.86. The van der Waals surface area contributed by atoms with E-state index in [1.165, 1.54) is 44.6 Å². The van der Waals surface area contributed by atoms with Crippen molar-refractivity contribution in [3.8, 4) is 5.75 Å². The lowest BCUT2D eigenvalue weighted by molar-refractivity contribution is -0.142. The van der Waals surface area contributed by atoms with Crippen LogP contribution in [-0.2, 0) is 14.3 Å². The van der Waals surface area contributed by atoms with E-state index in [9.17, 15) is 9.59 Å². The molecule has 0 unspecified atom stereocenters. The highest BCUT2D eigenvalue weighted by atomic mass is 32.2. The molecule has 3 rings (SSSR count). The zero-order chi connectivity index (χ0) is 19.2. The maximum absolute atomic E-state index is 12.7. The van der Waals surface area contributed by atoms with Gasteiger partial charge in [-0.1, -0.05) is 61.8 Å². The van der Waals surface area contributed by atoms with Crippen molar-refractivity contribution in [2.45, 2.75) is 32.1 Å². The van der Waals surface area contributed by atoms with E-state index in [-0.39, 0.29) is 12.5 Å². The summed E-state index contributed by atoms with van der Waals surface area (Å²) in [6.07, 6.45) is 8.04. The van der Waals surface area contributed by atoms with Crippen molar-refractivity contribution in [1.29, 1.82) is 0 Å². The Balaban J connectivity index is 1.58. The van der Waals surface area contributed by atoms with E-state index >= 15 is 0 Å². The molecule has 144 valence electrons. The average Bonchev–Trinajstić information content (AvgIpc) is 3.28. The van der Waals surface area contributed by atoms with E-state index in [1.807, 2.05) is 18.2 Å². The Morgan fingerprint density at radius 3 is 2.67 bits per heavy atom. The number of thioether (sulfide) groups is 1. The van der Waals surface area contributed by atoms with Crippen molar-refractivity contribution in [1.82, 2.24) is 4.90 Å². The fourth-order valence-electron chi connectivity index (χ4n) is 3.32. The summed E-state index contributed by atoms with van der Waals surface area (Å²) in [7, 11) is 1.32. The molecule has 1 amide bonds. The third-order valence-corrected chi connectivity index (χ3v) is 6.25. The molecule has 1 aliphatic heterocycles. The fraction of sp³-hybridized carbons (Fsp3) is 0.450. The molecule has 7 heteroatoms. The van der Waals surface area contributed by atoms with Crippen LogP contribution < -0.4 is 4.74 Å². The second kappa shape index (κ2) is 9.37. The smallest absolute Gasteiger partial charge is 0.343 e. The summed E-state index contributed by atoms with van der Waals surface area (Å²) in [5.74, 6) is 0.868. The van der Waals surface area contributed by atoms with Crippen molar-refractivity contribution >= 4 is 46.3 Å². The molecule has 0 spiro atoms. The maximum Gasteiger partial charge on any atom is 0.343 e. The van der Waals surface area contributed by atoms with Gasteiger partial charge in [-0.3, -0.25) is 9.69 Å². The van der Waals surface area contributed by atoms with Crippen LogP contribution in [0.4, 0.5) is 0 Å². The number of hydrogen-bond donors (Lipinski definition) is 0. The number of methoxy groups -OCH3 is 1. The minimum atomic E-state index is -0.430.